The number of carbonyl (C=O) groups is 3. The Hall–Kier alpha value is -3.12. The summed E-state index contributed by atoms with van der Waals surface area (Å²) in [6.45, 7) is 3.47. The van der Waals surface area contributed by atoms with Gasteiger partial charge in [-0.25, -0.2) is 0 Å². The van der Waals surface area contributed by atoms with Crippen molar-refractivity contribution < 1.29 is 19.1 Å². The number of para-hydroxylation sites is 1. The minimum atomic E-state index is -0.924. The standard InChI is InChI=1S/C22H21ClN2O4/c1-13-20(17-5-3-4-6-18(17)25-13)21(27)14(2)29-19(26)11-12-24-22(28)15-7-9-16(23)10-8-15/h3-10,14,25H,11-12H2,1-2H3,(H,24,28)/t14-/m1/s1. The molecular weight excluding hydrogens is 392 g/mol. The Morgan fingerprint density at radius 3 is 2.52 bits per heavy atom. The number of esters is 1. The Kier molecular flexibility index (Phi) is 6.34. The van der Waals surface area contributed by atoms with E-state index in [0.717, 1.165) is 16.6 Å². The second kappa shape index (κ2) is 8.92. The number of H-pyrrole nitrogens is 1. The van der Waals surface area contributed by atoms with Crippen LogP contribution in [0.3, 0.4) is 0 Å². The lowest BCUT2D eigenvalue weighted by molar-refractivity contribution is -0.146. The van der Waals surface area contributed by atoms with Gasteiger partial charge in [0, 0.05) is 39.3 Å². The average molecular weight is 413 g/mol. The number of aryl methyl sites for hydroxylation is 1. The van der Waals surface area contributed by atoms with Crippen molar-refractivity contribution in [1.82, 2.24) is 10.3 Å². The predicted octanol–water partition coefficient (Wildman–Crippen LogP) is 4.06. The molecule has 29 heavy (non-hydrogen) atoms. The van der Waals surface area contributed by atoms with E-state index < -0.39 is 12.1 Å². The highest BCUT2D eigenvalue weighted by molar-refractivity contribution is 6.30. The molecule has 3 rings (SSSR count). The summed E-state index contributed by atoms with van der Waals surface area (Å²) >= 11 is 5.79. The maximum Gasteiger partial charge on any atom is 0.308 e. The van der Waals surface area contributed by atoms with Gasteiger partial charge in [-0.1, -0.05) is 29.8 Å². The summed E-state index contributed by atoms with van der Waals surface area (Å²) in [7, 11) is 0. The van der Waals surface area contributed by atoms with Crippen molar-refractivity contribution in [3.8, 4) is 0 Å². The summed E-state index contributed by atoms with van der Waals surface area (Å²) in [5.41, 5.74) is 2.56. The fourth-order valence-electron chi connectivity index (χ4n) is 3.09. The number of amides is 1. The van der Waals surface area contributed by atoms with Crippen LogP contribution in [0.5, 0.6) is 0 Å². The summed E-state index contributed by atoms with van der Waals surface area (Å²) in [6.07, 6.45) is -0.962. The van der Waals surface area contributed by atoms with Gasteiger partial charge in [-0.2, -0.15) is 0 Å². The van der Waals surface area contributed by atoms with Crippen LogP contribution < -0.4 is 5.32 Å². The number of carbonyl (C=O) groups excluding carboxylic acids is 3. The highest BCUT2D eigenvalue weighted by Gasteiger charge is 2.24. The van der Waals surface area contributed by atoms with Crippen LogP contribution in [-0.2, 0) is 9.53 Å². The van der Waals surface area contributed by atoms with Gasteiger partial charge in [-0.15, -0.1) is 0 Å². The third kappa shape index (κ3) is 4.84. The molecule has 1 heterocycles. The van der Waals surface area contributed by atoms with Crippen molar-refractivity contribution in [3.63, 3.8) is 0 Å². The molecule has 2 N–H and O–H groups in total. The van der Waals surface area contributed by atoms with Gasteiger partial charge in [-0.05, 0) is 44.2 Å². The van der Waals surface area contributed by atoms with Gasteiger partial charge in [0.05, 0.1) is 6.42 Å². The van der Waals surface area contributed by atoms with Crippen LogP contribution in [0.4, 0.5) is 0 Å². The van der Waals surface area contributed by atoms with E-state index in [0.29, 0.717) is 16.1 Å². The summed E-state index contributed by atoms with van der Waals surface area (Å²) in [4.78, 5) is 40.1. The van der Waals surface area contributed by atoms with Crippen LogP contribution in [0.1, 0.15) is 39.8 Å². The first-order valence-electron chi connectivity index (χ1n) is 9.21. The number of ketones is 1. The van der Waals surface area contributed by atoms with Crippen LogP contribution in [0.2, 0.25) is 5.02 Å². The maximum atomic E-state index is 12.8. The van der Waals surface area contributed by atoms with Crippen molar-refractivity contribution in [2.24, 2.45) is 0 Å². The highest BCUT2D eigenvalue weighted by Crippen LogP contribution is 2.23. The topological polar surface area (TPSA) is 88.3 Å². The number of fused-ring (bicyclic) bond motifs is 1. The summed E-state index contributed by atoms with van der Waals surface area (Å²) in [5, 5.41) is 3.98. The maximum absolute atomic E-state index is 12.8. The smallest absolute Gasteiger partial charge is 0.308 e. The molecular formula is C22H21ClN2O4. The Morgan fingerprint density at radius 1 is 1.10 bits per heavy atom. The highest BCUT2D eigenvalue weighted by atomic mass is 35.5. The third-order valence-corrected chi connectivity index (χ3v) is 4.79. The van der Waals surface area contributed by atoms with E-state index >= 15 is 0 Å². The molecule has 0 bridgehead atoms. The molecule has 6 nitrogen and oxygen atoms in total. The van der Waals surface area contributed by atoms with Crippen LogP contribution in [-0.4, -0.2) is 35.3 Å². The van der Waals surface area contributed by atoms with E-state index in [1.54, 1.807) is 31.2 Å². The number of hydrogen-bond acceptors (Lipinski definition) is 4. The van der Waals surface area contributed by atoms with Crippen molar-refractivity contribution in [1.29, 1.82) is 0 Å². The minimum Gasteiger partial charge on any atom is -0.454 e. The lowest BCUT2D eigenvalue weighted by atomic mass is 10.0. The predicted molar refractivity (Wildman–Crippen MR) is 111 cm³/mol. The number of nitrogens with one attached hydrogen (secondary N) is 2. The number of benzene rings is 2. The second-order valence-corrected chi connectivity index (χ2v) is 7.12. The molecule has 0 aliphatic rings. The number of aromatic nitrogens is 1. The number of hydrogen-bond donors (Lipinski definition) is 2. The number of halogens is 1. The Bertz CT molecular complexity index is 1060. The first-order valence-corrected chi connectivity index (χ1v) is 9.59. The molecule has 2 aromatic carbocycles. The quantitative estimate of drug-likeness (QED) is 0.452. The van der Waals surface area contributed by atoms with Gasteiger partial charge in [-0.3, -0.25) is 14.4 Å². The van der Waals surface area contributed by atoms with Gasteiger partial charge < -0.3 is 15.0 Å². The summed E-state index contributed by atoms with van der Waals surface area (Å²) in [5.74, 6) is -1.13. The molecule has 150 valence electrons. The zero-order valence-electron chi connectivity index (χ0n) is 16.1. The van der Waals surface area contributed by atoms with Gasteiger partial charge in [0.2, 0.25) is 5.78 Å². The number of ether oxygens (including phenoxy) is 1. The van der Waals surface area contributed by atoms with Crippen molar-refractivity contribution in [3.05, 3.63) is 70.4 Å². The Balaban J connectivity index is 1.53. The average Bonchev–Trinajstić information content (AvgIpc) is 3.03. The number of Topliss-reactive ketones (excluding diaryl/α,β-unsaturated/α-hetero) is 1. The van der Waals surface area contributed by atoms with Crippen LogP contribution >= 0.6 is 11.6 Å². The van der Waals surface area contributed by atoms with Gasteiger partial charge in [0.15, 0.2) is 6.10 Å². The molecule has 0 spiro atoms. The zero-order valence-corrected chi connectivity index (χ0v) is 16.9. The first kappa shape index (κ1) is 20.6. The molecule has 0 unspecified atom stereocenters. The van der Waals surface area contributed by atoms with E-state index in [1.165, 1.54) is 0 Å². The Morgan fingerprint density at radius 2 is 1.79 bits per heavy atom. The number of aromatic amines is 1. The van der Waals surface area contributed by atoms with Crippen LogP contribution in [0.25, 0.3) is 10.9 Å². The fourth-order valence-corrected chi connectivity index (χ4v) is 3.21. The van der Waals surface area contributed by atoms with E-state index in [4.69, 9.17) is 16.3 Å². The van der Waals surface area contributed by atoms with Gasteiger partial charge in [0.25, 0.3) is 5.91 Å². The normalized spacial score (nSPS) is 11.8. The van der Waals surface area contributed by atoms with Gasteiger partial charge >= 0.3 is 5.97 Å². The van der Waals surface area contributed by atoms with Crippen molar-refractivity contribution >= 4 is 40.2 Å². The Labute approximate surface area is 173 Å². The molecule has 0 saturated carbocycles. The molecule has 0 fully saturated rings. The van der Waals surface area contributed by atoms with Crippen molar-refractivity contribution in [2.75, 3.05) is 6.54 Å². The number of rotatable bonds is 7. The second-order valence-electron chi connectivity index (χ2n) is 6.68. The molecule has 0 aliphatic carbocycles. The molecule has 1 atom stereocenters. The molecule has 1 amide bonds. The molecule has 0 aliphatic heterocycles. The largest absolute Gasteiger partial charge is 0.454 e. The summed E-state index contributed by atoms with van der Waals surface area (Å²) < 4.78 is 5.27. The molecule has 0 radical (unpaired) electrons. The van der Waals surface area contributed by atoms with E-state index in [1.807, 2.05) is 31.2 Å². The molecule has 3 aromatic rings. The SMILES string of the molecule is Cc1[nH]c2ccccc2c1C(=O)[C@@H](C)OC(=O)CCNC(=O)c1ccc(Cl)cc1. The minimum absolute atomic E-state index is 0.0379. The van der Waals surface area contributed by atoms with Crippen LogP contribution in [0.15, 0.2) is 48.5 Å². The van der Waals surface area contributed by atoms with Crippen molar-refractivity contribution in [2.45, 2.75) is 26.4 Å². The fraction of sp³-hybridized carbons (Fsp3) is 0.227. The van der Waals surface area contributed by atoms with E-state index in [-0.39, 0.29) is 24.7 Å². The molecule has 1 aromatic heterocycles. The monoisotopic (exact) mass is 412 g/mol. The lowest BCUT2D eigenvalue weighted by Crippen LogP contribution is -2.29. The van der Waals surface area contributed by atoms with E-state index in [2.05, 4.69) is 10.3 Å². The van der Waals surface area contributed by atoms with E-state index in [9.17, 15) is 14.4 Å². The molecule has 0 saturated heterocycles. The first-order chi connectivity index (χ1) is 13.9. The molecule has 7 heteroatoms. The lowest BCUT2D eigenvalue weighted by Gasteiger charge is -2.13. The third-order valence-electron chi connectivity index (χ3n) is 4.54. The van der Waals surface area contributed by atoms with Gasteiger partial charge in [0.1, 0.15) is 0 Å². The van der Waals surface area contributed by atoms with Crippen LogP contribution in [0, 0.1) is 6.92 Å². The summed E-state index contributed by atoms with van der Waals surface area (Å²) in [6, 6.07) is 13.9. The zero-order chi connectivity index (χ0) is 21.0.